The molecule has 0 saturated heterocycles. The molecule has 0 fully saturated rings. The van der Waals surface area contributed by atoms with E-state index in [0.717, 1.165) is 5.56 Å². The third-order valence-electron chi connectivity index (χ3n) is 4.76. The van der Waals surface area contributed by atoms with Crippen LogP contribution in [0.3, 0.4) is 0 Å². The van der Waals surface area contributed by atoms with Gasteiger partial charge in [0.25, 0.3) is 0 Å². The number of nitrogens with zero attached hydrogens (tertiary/aromatic N) is 1. The Bertz CT molecular complexity index is 973. The van der Waals surface area contributed by atoms with Gasteiger partial charge in [0.2, 0.25) is 0 Å². The van der Waals surface area contributed by atoms with Crippen LogP contribution in [0.25, 0.3) is 0 Å². The van der Waals surface area contributed by atoms with Gasteiger partial charge < -0.3 is 9.84 Å². The summed E-state index contributed by atoms with van der Waals surface area (Å²) in [4.78, 5) is 25.4. The summed E-state index contributed by atoms with van der Waals surface area (Å²) in [6.07, 6.45) is 0.356. The number of carboxylic acids is 1. The van der Waals surface area contributed by atoms with E-state index in [4.69, 9.17) is 9.84 Å². The van der Waals surface area contributed by atoms with E-state index in [1.54, 1.807) is 36.2 Å². The van der Waals surface area contributed by atoms with Crippen molar-refractivity contribution in [2.75, 3.05) is 20.1 Å². The summed E-state index contributed by atoms with van der Waals surface area (Å²) in [7, 11) is 1.77. The molecule has 0 aromatic heterocycles. The molecule has 0 spiro atoms. The maximum absolute atomic E-state index is 12.8. The molecule has 3 rings (SSSR count). The molecular weight excluding hydrogens is 378 g/mol. The highest BCUT2D eigenvalue weighted by Crippen LogP contribution is 2.26. The number of carboxylic acid groups (broad SMARTS) is 1. The highest BCUT2D eigenvalue weighted by molar-refractivity contribution is 6.09. The second kappa shape index (κ2) is 10.4. The van der Waals surface area contributed by atoms with E-state index in [-0.39, 0.29) is 18.4 Å². The van der Waals surface area contributed by atoms with Crippen molar-refractivity contribution in [3.8, 4) is 5.75 Å². The van der Waals surface area contributed by atoms with Gasteiger partial charge in [-0.3, -0.25) is 14.5 Å². The molecule has 5 heteroatoms. The van der Waals surface area contributed by atoms with Gasteiger partial charge in [-0.2, -0.15) is 0 Å². The minimum Gasteiger partial charge on any atom is -0.486 e. The average molecular weight is 403 g/mol. The highest BCUT2D eigenvalue weighted by atomic mass is 16.5. The lowest BCUT2D eigenvalue weighted by atomic mass is 10.0. The van der Waals surface area contributed by atoms with Crippen molar-refractivity contribution in [3.63, 3.8) is 0 Å². The lowest BCUT2D eigenvalue weighted by Crippen LogP contribution is -2.28. The van der Waals surface area contributed by atoms with Crippen LogP contribution < -0.4 is 4.74 Å². The summed E-state index contributed by atoms with van der Waals surface area (Å²) in [5.41, 5.74) is 2.19. The molecule has 0 radical (unpaired) electrons. The number of rotatable bonds is 10. The zero-order valence-electron chi connectivity index (χ0n) is 16.9. The van der Waals surface area contributed by atoms with E-state index in [0.29, 0.717) is 29.8 Å². The van der Waals surface area contributed by atoms with Crippen LogP contribution in [0.5, 0.6) is 5.75 Å². The van der Waals surface area contributed by atoms with Crippen molar-refractivity contribution in [2.24, 2.45) is 0 Å². The van der Waals surface area contributed by atoms with Crippen LogP contribution in [0.1, 0.15) is 34.0 Å². The van der Waals surface area contributed by atoms with E-state index in [9.17, 15) is 9.59 Å². The van der Waals surface area contributed by atoms with Crippen molar-refractivity contribution in [1.82, 2.24) is 4.90 Å². The quantitative estimate of drug-likeness (QED) is 0.507. The molecule has 30 heavy (non-hydrogen) atoms. The second-order valence-electron chi connectivity index (χ2n) is 7.16. The third-order valence-corrected chi connectivity index (χ3v) is 4.76. The number of hydrogen-bond acceptors (Lipinski definition) is 4. The Labute approximate surface area is 176 Å². The number of ether oxygens (including phenoxy) is 1. The number of ketones is 1. The minimum atomic E-state index is -0.859. The first-order valence-corrected chi connectivity index (χ1v) is 9.84. The number of hydrogen-bond donors (Lipinski definition) is 1. The Morgan fingerprint density at radius 3 is 2.20 bits per heavy atom. The van der Waals surface area contributed by atoms with E-state index < -0.39 is 5.97 Å². The van der Waals surface area contributed by atoms with Gasteiger partial charge in [-0.25, -0.2) is 0 Å². The molecule has 3 aromatic rings. The number of aliphatic carboxylic acids is 1. The molecule has 0 saturated carbocycles. The molecular formula is C25H25NO4. The molecule has 0 amide bonds. The molecule has 0 heterocycles. The van der Waals surface area contributed by atoms with Crippen LogP contribution in [-0.2, 0) is 4.79 Å². The highest BCUT2D eigenvalue weighted by Gasteiger charge is 2.17. The van der Waals surface area contributed by atoms with Crippen LogP contribution in [-0.4, -0.2) is 41.9 Å². The lowest BCUT2D eigenvalue weighted by molar-refractivity contribution is -0.138. The van der Waals surface area contributed by atoms with Crippen LogP contribution in [0.15, 0.2) is 84.9 Å². The van der Waals surface area contributed by atoms with Crippen molar-refractivity contribution in [3.05, 3.63) is 102 Å². The first-order valence-electron chi connectivity index (χ1n) is 9.84. The first-order chi connectivity index (χ1) is 14.5. The summed E-state index contributed by atoms with van der Waals surface area (Å²) < 4.78 is 6.26. The fourth-order valence-corrected chi connectivity index (χ4v) is 3.24. The second-order valence-corrected chi connectivity index (χ2v) is 7.16. The number of carbonyl (C=O) groups excluding carboxylic acids is 1. The largest absolute Gasteiger partial charge is 0.486 e. The molecule has 154 valence electrons. The average Bonchev–Trinajstić information content (AvgIpc) is 2.77. The van der Waals surface area contributed by atoms with Gasteiger partial charge >= 0.3 is 5.97 Å². The Hall–Kier alpha value is -3.44. The van der Waals surface area contributed by atoms with Crippen molar-refractivity contribution >= 4 is 11.8 Å². The smallest absolute Gasteiger partial charge is 0.317 e. The summed E-state index contributed by atoms with van der Waals surface area (Å²) in [6.45, 7) is 0.539. The lowest BCUT2D eigenvalue weighted by Gasteiger charge is -2.23. The molecule has 0 aliphatic rings. The molecule has 1 atom stereocenters. The number of benzene rings is 3. The van der Waals surface area contributed by atoms with Gasteiger partial charge in [-0.05, 0) is 24.7 Å². The monoisotopic (exact) mass is 403 g/mol. The first kappa shape index (κ1) is 21.3. The summed E-state index contributed by atoms with van der Waals surface area (Å²) in [5, 5.41) is 8.97. The maximum atomic E-state index is 12.8. The van der Waals surface area contributed by atoms with Crippen molar-refractivity contribution < 1.29 is 19.4 Å². The van der Waals surface area contributed by atoms with Crippen molar-refractivity contribution in [2.45, 2.75) is 12.5 Å². The van der Waals surface area contributed by atoms with Gasteiger partial charge in [0.15, 0.2) is 5.78 Å². The normalized spacial score (nSPS) is 11.8. The van der Waals surface area contributed by atoms with Crippen LogP contribution in [0.2, 0.25) is 0 Å². The van der Waals surface area contributed by atoms with E-state index in [1.165, 1.54) is 0 Å². The van der Waals surface area contributed by atoms with Crippen LogP contribution in [0, 0.1) is 0 Å². The van der Waals surface area contributed by atoms with E-state index >= 15 is 0 Å². The Kier molecular flexibility index (Phi) is 7.35. The van der Waals surface area contributed by atoms with Gasteiger partial charge in [-0.1, -0.05) is 72.8 Å². The van der Waals surface area contributed by atoms with Crippen LogP contribution >= 0.6 is 0 Å². The third kappa shape index (κ3) is 6.03. The van der Waals surface area contributed by atoms with Crippen molar-refractivity contribution in [1.29, 1.82) is 0 Å². The molecule has 5 nitrogen and oxygen atoms in total. The van der Waals surface area contributed by atoms with Gasteiger partial charge in [0, 0.05) is 24.1 Å². The zero-order valence-corrected chi connectivity index (χ0v) is 16.9. The summed E-state index contributed by atoms with van der Waals surface area (Å²) in [6, 6.07) is 26.1. The van der Waals surface area contributed by atoms with E-state index in [1.807, 2.05) is 60.7 Å². The molecule has 3 aromatic carbocycles. The summed E-state index contributed by atoms with van der Waals surface area (Å²) >= 11 is 0. The fraction of sp³-hybridized carbons (Fsp3) is 0.200. The number of likely N-dealkylation sites (N-methyl/N-ethyl adjacent to an activating group) is 1. The maximum Gasteiger partial charge on any atom is 0.317 e. The van der Waals surface area contributed by atoms with E-state index in [2.05, 4.69) is 0 Å². The predicted molar refractivity (Wildman–Crippen MR) is 116 cm³/mol. The van der Waals surface area contributed by atoms with Gasteiger partial charge in [-0.15, -0.1) is 0 Å². The van der Waals surface area contributed by atoms with Gasteiger partial charge in [0.05, 0.1) is 6.54 Å². The molecule has 1 unspecified atom stereocenters. The molecule has 0 aliphatic heterocycles. The SMILES string of the molecule is CN(CCC(Oc1cccc(C(=O)c2ccccc2)c1)c1ccccc1)CC(=O)O. The Balaban J connectivity index is 1.77. The molecule has 0 bridgehead atoms. The minimum absolute atomic E-state index is 0.0252. The molecule has 1 N–H and O–H groups in total. The standard InChI is InChI=1S/C25H25NO4/c1-26(18-24(27)28)16-15-23(19-9-4-2-5-10-19)30-22-14-8-13-21(17-22)25(29)20-11-6-3-7-12-20/h2-14,17,23H,15-16,18H2,1H3,(H,27,28). The van der Waals surface area contributed by atoms with Gasteiger partial charge in [0.1, 0.15) is 11.9 Å². The predicted octanol–water partition coefficient (Wildman–Crippen LogP) is 4.44. The fourth-order valence-electron chi connectivity index (χ4n) is 3.24. The Morgan fingerprint density at radius 1 is 0.900 bits per heavy atom. The zero-order chi connectivity index (χ0) is 21.3. The Morgan fingerprint density at radius 2 is 1.53 bits per heavy atom. The summed E-state index contributed by atoms with van der Waals surface area (Å²) in [5.74, 6) is -0.313. The number of carbonyl (C=O) groups is 2. The topological polar surface area (TPSA) is 66.8 Å². The van der Waals surface area contributed by atoms with Crippen LogP contribution in [0.4, 0.5) is 0 Å². The molecule has 0 aliphatic carbocycles.